The molecule has 1 aromatic carbocycles. The van der Waals surface area contributed by atoms with E-state index in [9.17, 15) is 9.59 Å². The second-order valence-electron chi connectivity index (χ2n) is 5.39. The predicted molar refractivity (Wildman–Crippen MR) is 91.4 cm³/mol. The van der Waals surface area contributed by atoms with Crippen LogP contribution in [0.1, 0.15) is 22.5 Å². The van der Waals surface area contributed by atoms with Crippen LogP contribution in [0.4, 0.5) is 0 Å². The Kier molecular flexibility index (Phi) is 7.04. The molecule has 2 aromatic rings. The molecular formula is C18H23N3O3. The zero-order chi connectivity index (χ0) is 17.2. The first-order valence-corrected chi connectivity index (χ1v) is 8.04. The number of nitrogens with two attached hydrogens (primary N) is 1. The summed E-state index contributed by atoms with van der Waals surface area (Å²) in [5.74, 6) is -0.0936. The number of carbonyl (C=O) groups excluding carboxylic acids is 2. The molecule has 0 bridgehead atoms. The van der Waals surface area contributed by atoms with Gasteiger partial charge < -0.3 is 20.4 Å². The van der Waals surface area contributed by atoms with Crippen molar-refractivity contribution in [2.45, 2.75) is 12.8 Å². The Morgan fingerprint density at radius 2 is 1.88 bits per heavy atom. The van der Waals surface area contributed by atoms with E-state index in [0.29, 0.717) is 19.6 Å². The Hall–Kier alpha value is -2.60. The second-order valence-corrected chi connectivity index (χ2v) is 5.39. The molecule has 128 valence electrons. The summed E-state index contributed by atoms with van der Waals surface area (Å²) in [6, 6.07) is 13.2. The molecule has 24 heavy (non-hydrogen) atoms. The van der Waals surface area contributed by atoms with Gasteiger partial charge in [0.1, 0.15) is 0 Å². The number of furan rings is 1. The molecule has 0 unspecified atom stereocenters. The summed E-state index contributed by atoms with van der Waals surface area (Å²) in [7, 11) is 0. The summed E-state index contributed by atoms with van der Waals surface area (Å²) in [5.41, 5.74) is 6.78. The molecule has 0 saturated carbocycles. The molecule has 1 heterocycles. The van der Waals surface area contributed by atoms with E-state index in [1.54, 1.807) is 17.0 Å². The van der Waals surface area contributed by atoms with E-state index in [1.807, 2.05) is 30.3 Å². The Labute approximate surface area is 141 Å². The van der Waals surface area contributed by atoms with Gasteiger partial charge in [-0.25, -0.2) is 0 Å². The van der Waals surface area contributed by atoms with Gasteiger partial charge in [-0.3, -0.25) is 9.59 Å². The highest BCUT2D eigenvalue weighted by molar-refractivity contribution is 5.91. The van der Waals surface area contributed by atoms with Crippen LogP contribution < -0.4 is 11.1 Å². The summed E-state index contributed by atoms with van der Waals surface area (Å²) in [6.07, 6.45) is 2.46. The van der Waals surface area contributed by atoms with E-state index in [0.717, 1.165) is 6.42 Å². The average Bonchev–Trinajstić information content (AvgIpc) is 3.14. The fourth-order valence-electron chi connectivity index (χ4n) is 2.36. The first kappa shape index (κ1) is 17.7. The van der Waals surface area contributed by atoms with E-state index in [-0.39, 0.29) is 30.5 Å². The third-order valence-corrected chi connectivity index (χ3v) is 3.63. The molecule has 0 atom stereocenters. The minimum absolute atomic E-state index is 0.0175. The molecule has 0 spiro atoms. The van der Waals surface area contributed by atoms with Crippen molar-refractivity contribution >= 4 is 11.8 Å². The van der Waals surface area contributed by atoms with Gasteiger partial charge in [0.25, 0.3) is 5.91 Å². The van der Waals surface area contributed by atoms with E-state index in [4.69, 9.17) is 10.2 Å². The highest BCUT2D eigenvalue weighted by Crippen LogP contribution is 2.03. The summed E-state index contributed by atoms with van der Waals surface area (Å²) in [4.78, 5) is 25.8. The number of benzene rings is 1. The van der Waals surface area contributed by atoms with Crippen molar-refractivity contribution in [2.24, 2.45) is 5.73 Å². The van der Waals surface area contributed by atoms with Crippen molar-refractivity contribution in [3.05, 3.63) is 60.1 Å². The maximum Gasteiger partial charge on any atom is 0.286 e. The molecule has 0 saturated heterocycles. The van der Waals surface area contributed by atoms with Crippen molar-refractivity contribution in [3.8, 4) is 0 Å². The van der Waals surface area contributed by atoms with Crippen molar-refractivity contribution in [2.75, 3.05) is 26.2 Å². The Morgan fingerprint density at radius 3 is 2.54 bits per heavy atom. The van der Waals surface area contributed by atoms with Crippen molar-refractivity contribution in [3.63, 3.8) is 0 Å². The lowest BCUT2D eigenvalue weighted by Gasteiger charge is -2.22. The van der Waals surface area contributed by atoms with Crippen molar-refractivity contribution < 1.29 is 14.0 Å². The van der Waals surface area contributed by atoms with Crippen LogP contribution in [-0.4, -0.2) is 42.9 Å². The van der Waals surface area contributed by atoms with E-state index < -0.39 is 0 Å². The molecule has 3 N–H and O–H groups in total. The van der Waals surface area contributed by atoms with Gasteiger partial charge >= 0.3 is 0 Å². The molecule has 1 aromatic heterocycles. The predicted octanol–water partition coefficient (Wildman–Crippen LogP) is 1.43. The van der Waals surface area contributed by atoms with E-state index >= 15 is 0 Å². The van der Waals surface area contributed by atoms with E-state index in [1.165, 1.54) is 11.8 Å². The number of hydrogen-bond donors (Lipinski definition) is 2. The Bertz CT molecular complexity index is 626. The third-order valence-electron chi connectivity index (χ3n) is 3.63. The fourth-order valence-corrected chi connectivity index (χ4v) is 2.36. The van der Waals surface area contributed by atoms with E-state index in [2.05, 4.69) is 5.32 Å². The van der Waals surface area contributed by atoms with Crippen LogP contribution in [0.2, 0.25) is 0 Å². The Balaban J connectivity index is 1.77. The Morgan fingerprint density at radius 1 is 1.08 bits per heavy atom. The first-order chi connectivity index (χ1) is 11.7. The molecule has 6 heteroatoms. The standard InChI is InChI=1S/C18H23N3O3/c19-10-13-21(12-9-15-5-2-1-3-6-15)17(22)8-11-20-18(23)16-7-4-14-24-16/h1-7,14H,8-13,19H2,(H,20,23). The minimum atomic E-state index is -0.317. The van der Waals surface area contributed by atoms with Crippen LogP contribution in [0.25, 0.3) is 0 Å². The molecule has 2 amide bonds. The van der Waals surface area contributed by atoms with Gasteiger partial charge in [-0.15, -0.1) is 0 Å². The van der Waals surface area contributed by atoms with Crippen LogP contribution >= 0.6 is 0 Å². The quantitative estimate of drug-likeness (QED) is 0.728. The number of amides is 2. The molecule has 0 aliphatic carbocycles. The van der Waals surface area contributed by atoms with Crippen LogP contribution in [-0.2, 0) is 11.2 Å². The maximum absolute atomic E-state index is 12.3. The number of carbonyl (C=O) groups is 2. The van der Waals surface area contributed by atoms with Crippen LogP contribution in [0, 0.1) is 0 Å². The average molecular weight is 329 g/mol. The third kappa shape index (κ3) is 5.55. The summed E-state index contributed by atoms with van der Waals surface area (Å²) < 4.78 is 5.00. The van der Waals surface area contributed by atoms with Crippen molar-refractivity contribution in [1.82, 2.24) is 10.2 Å². The summed E-state index contributed by atoms with van der Waals surface area (Å²) in [5, 5.41) is 2.68. The lowest BCUT2D eigenvalue weighted by atomic mass is 10.1. The zero-order valence-electron chi connectivity index (χ0n) is 13.6. The first-order valence-electron chi connectivity index (χ1n) is 8.04. The van der Waals surface area contributed by atoms with Crippen LogP contribution in [0.15, 0.2) is 53.1 Å². The zero-order valence-corrected chi connectivity index (χ0v) is 13.6. The molecule has 0 fully saturated rings. The normalized spacial score (nSPS) is 10.4. The number of rotatable bonds is 9. The maximum atomic E-state index is 12.3. The second kappa shape index (κ2) is 9.52. The van der Waals surface area contributed by atoms with Crippen LogP contribution in [0.3, 0.4) is 0 Å². The molecular weight excluding hydrogens is 306 g/mol. The molecule has 2 rings (SSSR count). The van der Waals surface area contributed by atoms with Gasteiger partial charge in [0.2, 0.25) is 5.91 Å². The van der Waals surface area contributed by atoms with Gasteiger partial charge in [0.05, 0.1) is 6.26 Å². The number of nitrogens with one attached hydrogen (secondary N) is 1. The van der Waals surface area contributed by atoms with Gasteiger partial charge in [0, 0.05) is 32.6 Å². The van der Waals surface area contributed by atoms with Gasteiger partial charge in [-0.1, -0.05) is 30.3 Å². The highest BCUT2D eigenvalue weighted by atomic mass is 16.3. The summed E-state index contributed by atoms with van der Waals surface area (Å²) in [6.45, 7) is 1.81. The van der Waals surface area contributed by atoms with Gasteiger partial charge in [-0.2, -0.15) is 0 Å². The van der Waals surface area contributed by atoms with Gasteiger partial charge in [0.15, 0.2) is 5.76 Å². The number of hydrogen-bond acceptors (Lipinski definition) is 4. The molecule has 0 aliphatic heterocycles. The largest absolute Gasteiger partial charge is 0.459 e. The minimum Gasteiger partial charge on any atom is -0.459 e. The summed E-state index contributed by atoms with van der Waals surface area (Å²) >= 11 is 0. The molecule has 0 radical (unpaired) electrons. The highest BCUT2D eigenvalue weighted by Gasteiger charge is 2.14. The lowest BCUT2D eigenvalue weighted by molar-refractivity contribution is -0.130. The number of nitrogens with zero attached hydrogens (tertiary/aromatic N) is 1. The van der Waals surface area contributed by atoms with Gasteiger partial charge in [-0.05, 0) is 24.1 Å². The molecule has 0 aliphatic rings. The monoisotopic (exact) mass is 329 g/mol. The molecule has 6 nitrogen and oxygen atoms in total. The smallest absolute Gasteiger partial charge is 0.286 e. The van der Waals surface area contributed by atoms with Crippen LogP contribution in [0.5, 0.6) is 0 Å². The topological polar surface area (TPSA) is 88.6 Å². The SMILES string of the molecule is NCCN(CCc1ccccc1)C(=O)CCNC(=O)c1ccco1. The van der Waals surface area contributed by atoms with Crippen molar-refractivity contribution in [1.29, 1.82) is 0 Å². The lowest BCUT2D eigenvalue weighted by Crippen LogP contribution is -2.38. The fraction of sp³-hybridized carbons (Fsp3) is 0.333.